The molecule has 1 heterocycles. The van der Waals surface area contributed by atoms with Gasteiger partial charge in [0.25, 0.3) is 0 Å². The van der Waals surface area contributed by atoms with E-state index in [9.17, 15) is 0 Å². The van der Waals surface area contributed by atoms with E-state index in [0.29, 0.717) is 5.82 Å². The van der Waals surface area contributed by atoms with Crippen molar-refractivity contribution < 1.29 is 0 Å². The summed E-state index contributed by atoms with van der Waals surface area (Å²) in [6.45, 7) is 0. The Bertz CT molecular complexity index is 3910. The van der Waals surface area contributed by atoms with E-state index >= 15 is 0 Å². The van der Waals surface area contributed by atoms with E-state index in [4.69, 9.17) is 9.97 Å². The summed E-state index contributed by atoms with van der Waals surface area (Å²) in [6, 6.07) is 88.7. The summed E-state index contributed by atoms with van der Waals surface area (Å²) in [7, 11) is 0. The molecular weight excluding hydrogens is 809 g/mol. The Kier molecular flexibility index (Phi) is 8.23. The van der Waals surface area contributed by atoms with Crippen molar-refractivity contribution in [3.63, 3.8) is 0 Å². The molecule has 0 saturated carbocycles. The van der Waals surface area contributed by atoms with Crippen LogP contribution in [-0.4, -0.2) is 9.97 Å². The Morgan fingerprint density at radius 1 is 0.254 bits per heavy atom. The summed E-state index contributed by atoms with van der Waals surface area (Å²) < 4.78 is 0. The molecule has 11 aromatic carbocycles. The first kappa shape index (κ1) is 37.6. The molecule has 0 radical (unpaired) electrons. The molecule has 0 aliphatic heterocycles. The molecule has 1 aromatic heterocycles. The maximum Gasteiger partial charge on any atom is 0.160 e. The van der Waals surface area contributed by atoms with Crippen molar-refractivity contribution in [2.24, 2.45) is 0 Å². The van der Waals surface area contributed by atoms with Gasteiger partial charge in [-0.3, -0.25) is 0 Å². The Hall–Kier alpha value is -8.72. The van der Waals surface area contributed by atoms with Crippen LogP contribution < -0.4 is 0 Å². The molecule has 0 bridgehead atoms. The normalized spacial score (nSPS) is 12.9. The molecule has 0 fully saturated rings. The number of aromatic nitrogens is 2. The Morgan fingerprint density at radius 2 is 0.776 bits per heavy atom. The van der Waals surface area contributed by atoms with Gasteiger partial charge in [0.1, 0.15) is 0 Å². The van der Waals surface area contributed by atoms with Gasteiger partial charge in [0.2, 0.25) is 0 Å². The summed E-state index contributed by atoms with van der Waals surface area (Å²) >= 11 is 0. The third-order valence-electron chi connectivity index (χ3n) is 14.5. The van der Waals surface area contributed by atoms with Gasteiger partial charge in [-0.2, -0.15) is 0 Å². The van der Waals surface area contributed by atoms with Crippen molar-refractivity contribution in [3.8, 4) is 78.4 Å². The number of hydrogen-bond donors (Lipinski definition) is 0. The molecule has 14 rings (SSSR count). The minimum atomic E-state index is -0.457. The smallest absolute Gasteiger partial charge is 0.160 e. The lowest BCUT2D eigenvalue weighted by molar-refractivity contribution is 0.794. The second-order valence-electron chi connectivity index (χ2n) is 18.0. The van der Waals surface area contributed by atoms with Crippen LogP contribution in [-0.2, 0) is 5.41 Å². The van der Waals surface area contributed by atoms with Crippen LogP contribution in [0.15, 0.2) is 243 Å². The van der Waals surface area contributed by atoms with Crippen LogP contribution in [0, 0.1) is 0 Å². The van der Waals surface area contributed by atoms with Crippen molar-refractivity contribution in [1.29, 1.82) is 0 Å². The van der Waals surface area contributed by atoms with Gasteiger partial charge < -0.3 is 0 Å². The first-order valence-electron chi connectivity index (χ1n) is 23.1. The first-order valence-corrected chi connectivity index (χ1v) is 23.1. The predicted octanol–water partition coefficient (Wildman–Crippen LogP) is 16.6. The van der Waals surface area contributed by atoms with Crippen LogP contribution in [0.25, 0.3) is 111 Å². The van der Waals surface area contributed by atoms with Gasteiger partial charge in [0.05, 0.1) is 16.8 Å². The molecule has 0 N–H and O–H groups in total. The molecule has 2 heteroatoms. The fourth-order valence-corrected chi connectivity index (χ4v) is 11.6. The second kappa shape index (κ2) is 14.7. The average molecular weight is 849 g/mol. The predicted molar refractivity (Wildman–Crippen MR) is 278 cm³/mol. The third-order valence-corrected chi connectivity index (χ3v) is 14.5. The fourth-order valence-electron chi connectivity index (χ4n) is 11.6. The molecule has 1 spiro atoms. The van der Waals surface area contributed by atoms with E-state index in [-0.39, 0.29) is 0 Å². The summed E-state index contributed by atoms with van der Waals surface area (Å²) in [5.41, 5.74) is 19.5. The number of hydrogen-bond acceptors (Lipinski definition) is 2. The van der Waals surface area contributed by atoms with Crippen molar-refractivity contribution >= 4 is 32.3 Å². The Balaban J connectivity index is 0.973. The van der Waals surface area contributed by atoms with Gasteiger partial charge in [0, 0.05) is 16.7 Å². The first-order chi connectivity index (χ1) is 33.2. The zero-order valence-corrected chi connectivity index (χ0v) is 36.5. The number of nitrogens with zero attached hydrogens (tertiary/aromatic N) is 2. The van der Waals surface area contributed by atoms with Crippen molar-refractivity contribution in [1.82, 2.24) is 9.97 Å². The van der Waals surface area contributed by atoms with Crippen LogP contribution in [0.3, 0.4) is 0 Å². The van der Waals surface area contributed by atoms with Crippen molar-refractivity contribution in [2.75, 3.05) is 0 Å². The lowest BCUT2D eigenvalue weighted by atomic mass is 9.70. The van der Waals surface area contributed by atoms with Crippen LogP contribution in [0.4, 0.5) is 0 Å². The molecule has 0 atom stereocenters. The highest BCUT2D eigenvalue weighted by atomic mass is 14.9. The Morgan fingerprint density at radius 3 is 1.48 bits per heavy atom. The van der Waals surface area contributed by atoms with E-state index in [1.54, 1.807) is 0 Å². The van der Waals surface area contributed by atoms with E-state index in [2.05, 4.69) is 243 Å². The van der Waals surface area contributed by atoms with Crippen LogP contribution in [0.5, 0.6) is 0 Å². The highest BCUT2D eigenvalue weighted by molar-refractivity contribution is 6.20. The van der Waals surface area contributed by atoms with E-state index in [1.165, 1.54) is 82.4 Å². The quantitative estimate of drug-likeness (QED) is 0.127. The zero-order valence-electron chi connectivity index (χ0n) is 36.5. The van der Waals surface area contributed by atoms with Crippen molar-refractivity contribution in [3.05, 3.63) is 265 Å². The van der Waals surface area contributed by atoms with Crippen LogP contribution in [0.1, 0.15) is 22.3 Å². The maximum atomic E-state index is 5.51. The Labute approximate surface area is 389 Å². The average Bonchev–Trinajstić information content (AvgIpc) is 3.87. The van der Waals surface area contributed by atoms with Gasteiger partial charge in [-0.25, -0.2) is 9.97 Å². The van der Waals surface area contributed by atoms with Crippen LogP contribution in [0.2, 0.25) is 0 Å². The minimum absolute atomic E-state index is 0.457. The summed E-state index contributed by atoms with van der Waals surface area (Å²) in [5, 5.41) is 7.48. The summed E-state index contributed by atoms with van der Waals surface area (Å²) in [5.74, 6) is 0.686. The fraction of sp³-hybridized carbons (Fsp3) is 0.0154. The molecule has 2 aliphatic carbocycles. The zero-order chi connectivity index (χ0) is 44.1. The molecular formula is C65H40N2. The number of rotatable bonds is 5. The second-order valence-corrected chi connectivity index (χ2v) is 18.0. The van der Waals surface area contributed by atoms with E-state index < -0.39 is 5.41 Å². The van der Waals surface area contributed by atoms with Gasteiger partial charge >= 0.3 is 0 Å². The maximum absolute atomic E-state index is 5.51. The summed E-state index contributed by atoms with van der Waals surface area (Å²) in [6.07, 6.45) is 0. The van der Waals surface area contributed by atoms with Crippen molar-refractivity contribution in [2.45, 2.75) is 5.41 Å². The van der Waals surface area contributed by atoms with Gasteiger partial charge in [-0.1, -0.05) is 224 Å². The standard InChI is InChI=1S/C65H40N2/c1-2-16-41(17-3-1)47-20-8-9-26-54(47)62-40-61(46-35-36-53-52-25-12-15-29-59(52)65(60(53)39-46)57-27-13-10-23-50(57)51-24-11-14-28-58(51)65)66-64(67-62)44-32-30-43(31-33-44)63-49-22-7-5-19-45(49)38-56-48-21-6-4-18-42(48)34-37-55(56)63/h1-40H. The molecule has 0 amide bonds. The largest absolute Gasteiger partial charge is 0.228 e. The molecule has 2 aliphatic rings. The van der Waals surface area contributed by atoms with Gasteiger partial charge in [-0.05, 0) is 117 Å². The molecule has 12 aromatic rings. The van der Waals surface area contributed by atoms with Crippen LogP contribution >= 0.6 is 0 Å². The topological polar surface area (TPSA) is 25.8 Å². The van der Waals surface area contributed by atoms with E-state index in [0.717, 1.165) is 44.8 Å². The lowest BCUT2D eigenvalue weighted by Crippen LogP contribution is -2.25. The molecule has 0 unspecified atom stereocenters. The molecule has 67 heavy (non-hydrogen) atoms. The highest BCUT2D eigenvalue weighted by Crippen LogP contribution is 2.63. The minimum Gasteiger partial charge on any atom is -0.228 e. The molecule has 0 saturated heterocycles. The molecule has 2 nitrogen and oxygen atoms in total. The molecule has 310 valence electrons. The van der Waals surface area contributed by atoms with E-state index in [1.807, 2.05) is 0 Å². The van der Waals surface area contributed by atoms with Gasteiger partial charge in [-0.15, -0.1) is 0 Å². The number of fused-ring (bicyclic) bond motifs is 14. The lowest BCUT2D eigenvalue weighted by Gasteiger charge is -2.30. The van der Waals surface area contributed by atoms with Gasteiger partial charge in [0.15, 0.2) is 5.82 Å². The number of benzene rings is 11. The summed E-state index contributed by atoms with van der Waals surface area (Å²) in [4.78, 5) is 11.0. The monoisotopic (exact) mass is 848 g/mol. The SMILES string of the molecule is c1ccc(-c2ccccc2-c2cc(-c3ccc4c(c3)C3(c5ccccc5-c5ccccc53)c3ccccc3-4)nc(-c3ccc(-c4c5ccccc5cc5c4ccc4ccccc45)cc3)n2)cc1. The third kappa shape index (κ3) is 5.57. The highest BCUT2D eigenvalue weighted by Gasteiger charge is 2.51.